The van der Waals surface area contributed by atoms with Gasteiger partial charge < -0.3 is 10.0 Å². The Labute approximate surface area is 129 Å². The lowest BCUT2D eigenvalue weighted by Crippen LogP contribution is -2.44. The number of hydrogen-bond donors (Lipinski definition) is 2. The van der Waals surface area contributed by atoms with Crippen LogP contribution in [-0.4, -0.2) is 41.7 Å². The van der Waals surface area contributed by atoms with Crippen LogP contribution in [0.2, 0.25) is 0 Å². The monoisotopic (exact) mass is 304 g/mol. The zero-order valence-corrected chi connectivity index (χ0v) is 12.3. The third kappa shape index (κ3) is 3.85. The van der Waals surface area contributed by atoms with E-state index < -0.39 is 5.97 Å². The molecule has 118 valence electrons. The summed E-state index contributed by atoms with van der Waals surface area (Å²) in [5.41, 5.74) is 3.55. The van der Waals surface area contributed by atoms with Crippen LogP contribution >= 0.6 is 0 Å². The molecule has 0 radical (unpaired) electrons. The molecule has 1 aliphatic heterocycles. The summed E-state index contributed by atoms with van der Waals surface area (Å²) < 4.78 is 0. The maximum absolute atomic E-state index is 11.9. The first kappa shape index (κ1) is 16.0. The van der Waals surface area contributed by atoms with Gasteiger partial charge in [0.05, 0.1) is 12.2 Å². The Hall–Kier alpha value is -2.34. The van der Waals surface area contributed by atoms with Gasteiger partial charge in [0.2, 0.25) is 0 Å². The summed E-state index contributed by atoms with van der Waals surface area (Å²) in [4.78, 5) is 29.7. The van der Waals surface area contributed by atoms with Crippen molar-refractivity contribution in [1.29, 1.82) is 0 Å². The highest BCUT2D eigenvalue weighted by molar-refractivity contribution is 5.89. The van der Waals surface area contributed by atoms with Gasteiger partial charge >= 0.3 is 12.0 Å². The smallest absolute Gasteiger partial charge is 0.341 e. The van der Waals surface area contributed by atoms with Crippen LogP contribution in [0.15, 0.2) is 36.9 Å². The number of carboxylic acid groups (broad SMARTS) is 1. The van der Waals surface area contributed by atoms with Gasteiger partial charge in [-0.15, -0.1) is 6.58 Å². The van der Waals surface area contributed by atoms with Gasteiger partial charge in [0, 0.05) is 13.1 Å². The Morgan fingerprint density at radius 3 is 2.68 bits per heavy atom. The highest BCUT2D eigenvalue weighted by Gasteiger charge is 2.26. The average molecular weight is 304 g/mol. The number of aromatic carboxylic acids is 1. The largest absolute Gasteiger partial charge is 0.478 e. The molecule has 0 spiro atoms. The fraction of sp³-hybridized carbons (Fsp3) is 0.375. The minimum atomic E-state index is -0.909. The summed E-state index contributed by atoms with van der Waals surface area (Å²) in [5, 5.41) is 9.26. The number of rotatable bonds is 5. The summed E-state index contributed by atoms with van der Waals surface area (Å²) in [7, 11) is 0. The van der Waals surface area contributed by atoms with Crippen LogP contribution < -0.4 is 5.48 Å². The second-order valence-corrected chi connectivity index (χ2v) is 5.16. The third-order valence-electron chi connectivity index (χ3n) is 3.77. The van der Waals surface area contributed by atoms with Gasteiger partial charge in [0.15, 0.2) is 0 Å². The van der Waals surface area contributed by atoms with Crippen LogP contribution in [0, 0.1) is 0 Å². The van der Waals surface area contributed by atoms with Crippen LogP contribution in [0.25, 0.3) is 0 Å². The Kier molecular flexibility index (Phi) is 5.55. The van der Waals surface area contributed by atoms with E-state index in [0.717, 1.165) is 18.4 Å². The van der Waals surface area contributed by atoms with E-state index in [0.29, 0.717) is 18.7 Å². The van der Waals surface area contributed by atoms with Gasteiger partial charge in [-0.25, -0.2) is 15.1 Å². The molecule has 22 heavy (non-hydrogen) atoms. The molecule has 2 rings (SSSR count). The number of benzene rings is 1. The van der Waals surface area contributed by atoms with Crippen molar-refractivity contribution in [3.8, 4) is 0 Å². The van der Waals surface area contributed by atoms with Gasteiger partial charge in [-0.2, -0.15) is 0 Å². The topological polar surface area (TPSA) is 78.9 Å². The predicted molar refractivity (Wildman–Crippen MR) is 81.6 cm³/mol. The van der Waals surface area contributed by atoms with Gasteiger partial charge in [0.1, 0.15) is 0 Å². The highest BCUT2D eigenvalue weighted by atomic mass is 16.7. The molecular formula is C16H20N2O4. The van der Waals surface area contributed by atoms with Crippen LogP contribution in [0.3, 0.4) is 0 Å². The molecule has 0 saturated carbocycles. The van der Waals surface area contributed by atoms with E-state index in [9.17, 15) is 14.7 Å². The van der Waals surface area contributed by atoms with Crippen molar-refractivity contribution in [1.82, 2.24) is 10.4 Å². The minimum absolute atomic E-state index is 0.158. The van der Waals surface area contributed by atoms with E-state index in [2.05, 4.69) is 12.1 Å². The van der Waals surface area contributed by atoms with Crippen molar-refractivity contribution in [2.45, 2.75) is 18.8 Å². The van der Waals surface area contributed by atoms with Crippen molar-refractivity contribution >= 4 is 12.0 Å². The number of carbonyl (C=O) groups excluding carboxylic acids is 1. The molecule has 6 nitrogen and oxygen atoms in total. The SMILES string of the molecule is C=CCONC(=O)N1CCC(c2ccccc2C(=O)O)CC1. The number of carbonyl (C=O) groups is 2. The van der Waals surface area contributed by atoms with Gasteiger partial charge in [-0.05, 0) is 30.4 Å². The predicted octanol–water partition coefficient (Wildman–Crippen LogP) is 2.39. The standard InChI is InChI=1S/C16H20N2O4/c1-2-11-22-17-16(21)18-9-7-12(8-10-18)13-5-3-4-6-14(13)15(19)20/h2-6,12H,1,7-11H2,(H,17,21)(H,19,20). The van der Waals surface area contributed by atoms with Crippen molar-refractivity contribution in [3.63, 3.8) is 0 Å². The van der Waals surface area contributed by atoms with Crippen molar-refractivity contribution < 1.29 is 19.5 Å². The third-order valence-corrected chi connectivity index (χ3v) is 3.77. The first-order valence-corrected chi connectivity index (χ1v) is 7.23. The lowest BCUT2D eigenvalue weighted by Gasteiger charge is -2.32. The van der Waals surface area contributed by atoms with Crippen LogP contribution in [0.1, 0.15) is 34.7 Å². The molecule has 1 aromatic rings. The van der Waals surface area contributed by atoms with E-state index in [4.69, 9.17) is 4.84 Å². The summed E-state index contributed by atoms with van der Waals surface area (Å²) >= 11 is 0. The zero-order chi connectivity index (χ0) is 15.9. The molecule has 0 aliphatic carbocycles. The zero-order valence-electron chi connectivity index (χ0n) is 12.3. The number of hydrogen-bond acceptors (Lipinski definition) is 3. The number of nitrogens with one attached hydrogen (secondary N) is 1. The molecule has 1 saturated heterocycles. The fourth-order valence-electron chi connectivity index (χ4n) is 2.67. The summed E-state index contributed by atoms with van der Waals surface area (Å²) in [6.45, 7) is 4.90. The van der Waals surface area contributed by atoms with Gasteiger partial charge in [-0.1, -0.05) is 24.3 Å². The lowest BCUT2D eigenvalue weighted by molar-refractivity contribution is 0.0612. The first-order chi connectivity index (χ1) is 10.6. The van der Waals surface area contributed by atoms with Crippen molar-refractivity contribution in [2.24, 2.45) is 0 Å². The lowest BCUT2D eigenvalue weighted by atomic mass is 9.86. The molecule has 0 aromatic heterocycles. The molecule has 1 aliphatic rings. The average Bonchev–Trinajstić information content (AvgIpc) is 2.55. The summed E-state index contributed by atoms with van der Waals surface area (Å²) in [5.74, 6) is -0.751. The second kappa shape index (κ2) is 7.61. The maximum atomic E-state index is 11.9. The number of amides is 2. The summed E-state index contributed by atoms with van der Waals surface area (Å²) in [6.07, 6.45) is 3.02. The van der Waals surface area contributed by atoms with Gasteiger partial charge in [0.25, 0.3) is 0 Å². The van der Waals surface area contributed by atoms with Crippen molar-refractivity contribution in [3.05, 3.63) is 48.0 Å². The Balaban J connectivity index is 1.94. The minimum Gasteiger partial charge on any atom is -0.478 e. The molecule has 1 aromatic carbocycles. The van der Waals surface area contributed by atoms with Crippen molar-refractivity contribution in [2.75, 3.05) is 19.7 Å². The molecule has 1 fully saturated rings. The molecule has 1 heterocycles. The van der Waals surface area contributed by atoms with E-state index in [1.165, 1.54) is 0 Å². The Morgan fingerprint density at radius 1 is 1.36 bits per heavy atom. The summed E-state index contributed by atoms with van der Waals surface area (Å²) in [6, 6.07) is 6.79. The van der Waals surface area contributed by atoms with Crippen LogP contribution in [-0.2, 0) is 4.84 Å². The quantitative estimate of drug-likeness (QED) is 0.497. The Morgan fingerprint density at radius 2 is 2.05 bits per heavy atom. The molecule has 2 N–H and O–H groups in total. The van der Waals surface area contributed by atoms with E-state index in [1.807, 2.05) is 12.1 Å². The molecule has 2 amide bonds. The normalized spacial score (nSPS) is 15.4. The van der Waals surface area contributed by atoms with E-state index in [1.54, 1.807) is 23.1 Å². The number of nitrogens with zero attached hydrogens (tertiary/aromatic N) is 1. The van der Waals surface area contributed by atoms with Crippen LogP contribution in [0.5, 0.6) is 0 Å². The number of urea groups is 1. The highest BCUT2D eigenvalue weighted by Crippen LogP contribution is 2.30. The van der Waals surface area contributed by atoms with E-state index >= 15 is 0 Å². The van der Waals surface area contributed by atoms with Gasteiger partial charge in [-0.3, -0.25) is 4.84 Å². The number of hydroxylamine groups is 1. The Bertz CT molecular complexity index is 551. The maximum Gasteiger partial charge on any atom is 0.341 e. The molecule has 0 atom stereocenters. The number of likely N-dealkylation sites (tertiary alicyclic amines) is 1. The fourth-order valence-corrected chi connectivity index (χ4v) is 2.67. The number of piperidine rings is 1. The van der Waals surface area contributed by atoms with E-state index in [-0.39, 0.29) is 18.6 Å². The second-order valence-electron chi connectivity index (χ2n) is 5.16. The number of carboxylic acids is 1. The molecule has 0 bridgehead atoms. The first-order valence-electron chi connectivity index (χ1n) is 7.23. The molecular weight excluding hydrogens is 284 g/mol. The molecule has 6 heteroatoms. The van der Waals surface area contributed by atoms with Crippen LogP contribution in [0.4, 0.5) is 4.79 Å². The molecule has 0 unspecified atom stereocenters.